The molecule has 0 saturated carbocycles. The fourth-order valence-corrected chi connectivity index (χ4v) is 2.87. The molecule has 3 N–H and O–H groups in total. The van der Waals surface area contributed by atoms with Crippen molar-refractivity contribution in [1.29, 1.82) is 0 Å². The van der Waals surface area contributed by atoms with Gasteiger partial charge in [0.15, 0.2) is 0 Å². The molecule has 0 bridgehead atoms. The first-order chi connectivity index (χ1) is 14.0. The highest BCUT2D eigenvalue weighted by molar-refractivity contribution is 5.91. The van der Waals surface area contributed by atoms with Crippen molar-refractivity contribution in [3.63, 3.8) is 0 Å². The Kier molecular flexibility index (Phi) is 6.38. The number of aromatic nitrogens is 5. The van der Waals surface area contributed by atoms with Gasteiger partial charge in [0, 0.05) is 30.2 Å². The van der Waals surface area contributed by atoms with Gasteiger partial charge >= 0.3 is 0 Å². The average molecular weight is 395 g/mol. The Hall–Kier alpha value is -3.49. The first-order valence-electron chi connectivity index (χ1n) is 9.36. The van der Waals surface area contributed by atoms with Gasteiger partial charge in [0.05, 0.1) is 19.3 Å². The topological polar surface area (TPSA) is 118 Å². The summed E-state index contributed by atoms with van der Waals surface area (Å²) in [5, 5.41) is 12.9. The van der Waals surface area contributed by atoms with E-state index in [4.69, 9.17) is 4.74 Å². The van der Waals surface area contributed by atoms with Crippen LogP contribution in [-0.2, 0) is 6.42 Å². The van der Waals surface area contributed by atoms with E-state index in [2.05, 4.69) is 35.8 Å². The number of anilines is 1. The smallest absolute Gasteiger partial charge is 0.289 e. The first kappa shape index (κ1) is 20.2. The van der Waals surface area contributed by atoms with Gasteiger partial charge in [-0.3, -0.25) is 14.9 Å². The molecular formula is C20H25N7O2. The monoisotopic (exact) mass is 395 g/mol. The lowest BCUT2D eigenvalue weighted by molar-refractivity contribution is 0.0928. The number of methoxy groups -OCH3 is 1. The van der Waals surface area contributed by atoms with Crippen LogP contribution in [0.25, 0.3) is 0 Å². The first-order valence-corrected chi connectivity index (χ1v) is 9.36. The van der Waals surface area contributed by atoms with Crippen LogP contribution in [0.3, 0.4) is 0 Å². The van der Waals surface area contributed by atoms with Gasteiger partial charge in [-0.1, -0.05) is 0 Å². The number of hydrogen-bond donors (Lipinski definition) is 3. The largest absolute Gasteiger partial charge is 0.495 e. The second kappa shape index (κ2) is 9.13. The van der Waals surface area contributed by atoms with Crippen LogP contribution < -0.4 is 15.4 Å². The number of ether oxygens (including phenoxy) is 1. The molecule has 0 aliphatic rings. The van der Waals surface area contributed by atoms with Crippen molar-refractivity contribution in [3.8, 4) is 5.75 Å². The number of rotatable bonds is 8. The summed E-state index contributed by atoms with van der Waals surface area (Å²) in [5.41, 5.74) is 3.40. The van der Waals surface area contributed by atoms with Crippen LogP contribution in [0.2, 0.25) is 0 Å². The molecule has 0 aliphatic heterocycles. The van der Waals surface area contributed by atoms with E-state index in [-0.39, 0.29) is 17.8 Å². The molecule has 0 fully saturated rings. The lowest BCUT2D eigenvalue weighted by atomic mass is 10.2. The van der Waals surface area contributed by atoms with Crippen LogP contribution in [-0.4, -0.2) is 44.7 Å². The normalized spacial score (nSPS) is 11.7. The summed E-state index contributed by atoms with van der Waals surface area (Å²) in [4.78, 5) is 25.9. The Labute approximate surface area is 169 Å². The van der Waals surface area contributed by atoms with Crippen molar-refractivity contribution in [2.45, 2.75) is 33.2 Å². The minimum atomic E-state index is -0.369. The third-order valence-electron chi connectivity index (χ3n) is 4.63. The molecule has 3 aromatic heterocycles. The van der Waals surface area contributed by atoms with Gasteiger partial charge in [0.1, 0.15) is 17.3 Å². The van der Waals surface area contributed by atoms with Crippen LogP contribution in [0, 0.1) is 13.8 Å². The lowest BCUT2D eigenvalue weighted by Crippen LogP contribution is -2.29. The van der Waals surface area contributed by atoms with Gasteiger partial charge in [0.25, 0.3) is 5.91 Å². The molecule has 0 aliphatic carbocycles. The Morgan fingerprint density at radius 3 is 2.86 bits per heavy atom. The Bertz CT molecular complexity index is 973. The zero-order valence-electron chi connectivity index (χ0n) is 17.0. The lowest BCUT2D eigenvalue weighted by Gasteiger charge is -2.16. The summed E-state index contributed by atoms with van der Waals surface area (Å²) in [6, 6.07) is 3.23. The predicted octanol–water partition coefficient (Wildman–Crippen LogP) is 2.37. The molecule has 0 spiro atoms. The molecule has 3 heterocycles. The van der Waals surface area contributed by atoms with Gasteiger partial charge in [-0.05, 0) is 44.9 Å². The fraction of sp³-hybridized carbons (Fsp3) is 0.350. The second-order valence-electron chi connectivity index (χ2n) is 6.68. The number of pyridine rings is 1. The number of H-pyrrole nitrogens is 1. The molecule has 0 unspecified atom stereocenters. The maximum atomic E-state index is 12.8. The second-order valence-corrected chi connectivity index (χ2v) is 6.68. The maximum Gasteiger partial charge on any atom is 0.289 e. The van der Waals surface area contributed by atoms with Crippen LogP contribution in [0.5, 0.6) is 5.75 Å². The molecule has 1 amide bonds. The van der Waals surface area contributed by atoms with Gasteiger partial charge < -0.3 is 15.4 Å². The summed E-state index contributed by atoms with van der Waals surface area (Å²) in [5.74, 6) is 1.00. The SMILES string of the molecule is COc1cccnc1[C@@H](C)NC(=O)c1nc(C)c(C)c(NCCc2cn[nH]c2)n1. The van der Waals surface area contributed by atoms with E-state index in [1.165, 1.54) is 0 Å². The average Bonchev–Trinajstić information content (AvgIpc) is 3.24. The Morgan fingerprint density at radius 2 is 2.14 bits per heavy atom. The molecule has 9 nitrogen and oxygen atoms in total. The number of nitrogens with zero attached hydrogens (tertiary/aromatic N) is 4. The summed E-state index contributed by atoms with van der Waals surface area (Å²) in [7, 11) is 1.57. The highest BCUT2D eigenvalue weighted by atomic mass is 16.5. The summed E-state index contributed by atoms with van der Waals surface area (Å²) >= 11 is 0. The molecule has 9 heteroatoms. The third-order valence-corrected chi connectivity index (χ3v) is 4.63. The van der Waals surface area contributed by atoms with Gasteiger partial charge in [-0.15, -0.1) is 0 Å². The number of carbonyl (C=O) groups excluding carboxylic acids is 1. The van der Waals surface area contributed by atoms with Gasteiger partial charge in [-0.2, -0.15) is 5.10 Å². The van der Waals surface area contributed by atoms with Crippen LogP contribution in [0.4, 0.5) is 5.82 Å². The van der Waals surface area contributed by atoms with Gasteiger partial charge in [-0.25, -0.2) is 9.97 Å². The molecule has 152 valence electrons. The van der Waals surface area contributed by atoms with Crippen molar-refractivity contribution < 1.29 is 9.53 Å². The highest BCUT2D eigenvalue weighted by Crippen LogP contribution is 2.22. The zero-order chi connectivity index (χ0) is 20.8. The number of aryl methyl sites for hydroxylation is 1. The summed E-state index contributed by atoms with van der Waals surface area (Å²) < 4.78 is 5.32. The summed E-state index contributed by atoms with van der Waals surface area (Å²) in [6.45, 7) is 6.30. The highest BCUT2D eigenvalue weighted by Gasteiger charge is 2.19. The van der Waals surface area contributed by atoms with Crippen molar-refractivity contribution in [2.24, 2.45) is 0 Å². The molecule has 3 rings (SSSR count). The molecule has 0 aromatic carbocycles. The number of carbonyl (C=O) groups is 1. The van der Waals surface area contributed by atoms with E-state index in [1.54, 1.807) is 31.6 Å². The fourth-order valence-electron chi connectivity index (χ4n) is 2.87. The van der Waals surface area contributed by atoms with Crippen molar-refractivity contribution in [2.75, 3.05) is 19.0 Å². The number of aromatic amines is 1. The van der Waals surface area contributed by atoms with Crippen LogP contribution in [0.1, 0.15) is 46.1 Å². The minimum Gasteiger partial charge on any atom is -0.495 e. The quantitative estimate of drug-likeness (QED) is 0.536. The molecule has 29 heavy (non-hydrogen) atoms. The van der Waals surface area contributed by atoms with E-state index in [9.17, 15) is 4.79 Å². The molecule has 0 saturated heterocycles. The molecule has 3 aromatic rings. The number of nitrogens with one attached hydrogen (secondary N) is 3. The van der Waals surface area contributed by atoms with E-state index in [0.717, 1.165) is 23.2 Å². The maximum absolute atomic E-state index is 12.8. The zero-order valence-corrected chi connectivity index (χ0v) is 17.0. The summed E-state index contributed by atoms with van der Waals surface area (Å²) in [6.07, 6.45) is 6.09. The molecule has 1 atom stereocenters. The number of hydrogen-bond acceptors (Lipinski definition) is 7. The van der Waals surface area contributed by atoms with Crippen molar-refractivity contribution >= 4 is 11.7 Å². The Morgan fingerprint density at radius 1 is 1.31 bits per heavy atom. The molecule has 0 radical (unpaired) electrons. The van der Waals surface area contributed by atoms with E-state index in [1.807, 2.05) is 27.0 Å². The van der Waals surface area contributed by atoms with Crippen LogP contribution in [0.15, 0.2) is 30.7 Å². The predicted molar refractivity (Wildman–Crippen MR) is 109 cm³/mol. The van der Waals surface area contributed by atoms with Crippen LogP contribution >= 0.6 is 0 Å². The van der Waals surface area contributed by atoms with E-state index < -0.39 is 0 Å². The van der Waals surface area contributed by atoms with E-state index in [0.29, 0.717) is 23.8 Å². The molecular weight excluding hydrogens is 370 g/mol. The standard InChI is InChI=1S/C20H25N7O2/c1-12-13(2)25-19(27-18(12)22-9-7-15-10-23-24-11-15)20(28)26-14(3)17-16(29-4)6-5-8-21-17/h5-6,8,10-11,14H,7,9H2,1-4H3,(H,23,24)(H,26,28)(H,22,25,27)/t14-/m1/s1. The third kappa shape index (κ3) is 4.87. The van der Waals surface area contributed by atoms with E-state index >= 15 is 0 Å². The van der Waals surface area contributed by atoms with Crippen molar-refractivity contribution in [3.05, 3.63) is 59.1 Å². The number of amides is 1. The Balaban J connectivity index is 1.72. The minimum absolute atomic E-state index is 0.112. The van der Waals surface area contributed by atoms with Crippen molar-refractivity contribution in [1.82, 2.24) is 30.5 Å². The van der Waals surface area contributed by atoms with Gasteiger partial charge in [0.2, 0.25) is 5.82 Å².